The lowest BCUT2D eigenvalue weighted by molar-refractivity contribution is 0.0996. The maximum Gasteiger partial charge on any atom is 0.253 e. The predicted octanol–water partition coefficient (Wildman–Crippen LogP) is 2.71. The number of aromatic hydroxyl groups is 1. The Balaban J connectivity index is 1.71. The molecule has 1 aliphatic rings. The minimum Gasteiger partial charge on any atom is -0.508 e. The summed E-state index contributed by atoms with van der Waals surface area (Å²) in [6.07, 6.45) is 0. The Hall–Kier alpha value is -2.12. The highest BCUT2D eigenvalue weighted by atomic mass is 79.9. The number of carbonyl (C=O) groups is 1. The van der Waals surface area contributed by atoms with Crippen LogP contribution in [0, 0.1) is 5.82 Å². The summed E-state index contributed by atoms with van der Waals surface area (Å²) < 4.78 is 14.7. The molecular formula is C18H19BrFN3O2. The van der Waals surface area contributed by atoms with Crippen LogP contribution in [0.25, 0.3) is 0 Å². The molecule has 132 valence electrons. The molecule has 1 amide bonds. The average molecular weight is 408 g/mol. The van der Waals surface area contributed by atoms with Crippen molar-refractivity contribution in [1.29, 1.82) is 0 Å². The van der Waals surface area contributed by atoms with Gasteiger partial charge >= 0.3 is 0 Å². The molecule has 0 aliphatic carbocycles. The zero-order chi connectivity index (χ0) is 18.0. The van der Waals surface area contributed by atoms with E-state index < -0.39 is 11.7 Å². The van der Waals surface area contributed by atoms with Gasteiger partial charge in [0.25, 0.3) is 5.91 Å². The minimum absolute atomic E-state index is 0.0652. The van der Waals surface area contributed by atoms with Crippen LogP contribution in [0.3, 0.4) is 0 Å². The number of rotatable bonds is 4. The van der Waals surface area contributed by atoms with Gasteiger partial charge in [-0.15, -0.1) is 0 Å². The molecule has 0 bridgehead atoms. The molecule has 0 aromatic heterocycles. The van der Waals surface area contributed by atoms with Crippen LogP contribution < -0.4 is 10.6 Å². The highest BCUT2D eigenvalue weighted by Gasteiger charge is 2.24. The van der Waals surface area contributed by atoms with Crippen molar-refractivity contribution >= 4 is 27.5 Å². The van der Waals surface area contributed by atoms with Gasteiger partial charge in [0.05, 0.1) is 11.3 Å². The molecule has 2 aromatic carbocycles. The van der Waals surface area contributed by atoms with Crippen LogP contribution in [0.4, 0.5) is 10.1 Å². The first-order valence-corrected chi connectivity index (χ1v) is 8.77. The number of piperazine rings is 1. The number of halogens is 2. The Morgan fingerprint density at radius 2 is 1.92 bits per heavy atom. The van der Waals surface area contributed by atoms with Gasteiger partial charge in [0.2, 0.25) is 0 Å². The van der Waals surface area contributed by atoms with E-state index in [0.717, 1.165) is 25.2 Å². The van der Waals surface area contributed by atoms with Gasteiger partial charge in [-0.3, -0.25) is 9.69 Å². The molecule has 7 heteroatoms. The number of phenols is 1. The monoisotopic (exact) mass is 407 g/mol. The fraction of sp³-hybridized carbons (Fsp3) is 0.278. The maximum atomic E-state index is 14.1. The molecule has 25 heavy (non-hydrogen) atoms. The lowest BCUT2D eigenvalue weighted by atomic mass is 10.1. The second kappa shape index (κ2) is 7.41. The fourth-order valence-electron chi connectivity index (χ4n) is 3.11. The van der Waals surface area contributed by atoms with Gasteiger partial charge in [-0.25, -0.2) is 4.39 Å². The number of anilines is 1. The molecule has 1 heterocycles. The molecule has 0 unspecified atom stereocenters. The zero-order valence-electron chi connectivity index (χ0n) is 13.6. The number of benzene rings is 2. The van der Waals surface area contributed by atoms with Crippen LogP contribution in [-0.2, 0) is 6.54 Å². The van der Waals surface area contributed by atoms with Crippen LogP contribution in [0.1, 0.15) is 15.9 Å². The van der Waals surface area contributed by atoms with E-state index >= 15 is 0 Å². The maximum absolute atomic E-state index is 14.1. The second-order valence-electron chi connectivity index (χ2n) is 6.08. The number of carbonyl (C=O) groups excluding carboxylic acids is 1. The topological polar surface area (TPSA) is 69.8 Å². The van der Waals surface area contributed by atoms with Gasteiger partial charge in [0.15, 0.2) is 0 Å². The number of nitrogens with zero attached hydrogens (tertiary/aromatic N) is 2. The van der Waals surface area contributed by atoms with Gasteiger partial charge in [0, 0.05) is 37.2 Å². The van der Waals surface area contributed by atoms with Crippen molar-refractivity contribution in [3.63, 3.8) is 0 Å². The summed E-state index contributed by atoms with van der Waals surface area (Å²) in [5, 5.41) is 9.56. The molecule has 0 radical (unpaired) electrons. The van der Waals surface area contributed by atoms with E-state index in [2.05, 4.69) is 20.8 Å². The van der Waals surface area contributed by atoms with Crippen molar-refractivity contribution in [2.45, 2.75) is 6.54 Å². The normalized spacial score (nSPS) is 15.4. The second-order valence-corrected chi connectivity index (χ2v) is 6.99. The Morgan fingerprint density at radius 3 is 2.56 bits per heavy atom. The lowest BCUT2D eigenvalue weighted by Crippen LogP contribution is -2.46. The van der Waals surface area contributed by atoms with E-state index in [1.54, 1.807) is 18.2 Å². The number of phenolic OH excluding ortho intramolecular Hbond substituents is 1. The van der Waals surface area contributed by atoms with Crippen molar-refractivity contribution < 1.29 is 14.3 Å². The first kappa shape index (κ1) is 17.7. The minimum atomic E-state index is -0.762. The number of nitrogens with two attached hydrogens (primary N) is 1. The number of hydrogen-bond donors (Lipinski definition) is 2. The third kappa shape index (κ3) is 4.11. The third-order valence-corrected chi connectivity index (χ3v) is 4.77. The molecule has 0 spiro atoms. The molecule has 3 N–H and O–H groups in total. The van der Waals surface area contributed by atoms with Gasteiger partial charge in [0.1, 0.15) is 11.6 Å². The van der Waals surface area contributed by atoms with Crippen LogP contribution in [0.2, 0.25) is 0 Å². The Labute approximate surface area is 154 Å². The first-order valence-electron chi connectivity index (χ1n) is 7.98. The van der Waals surface area contributed by atoms with Crippen molar-refractivity contribution in [3.05, 3.63) is 57.8 Å². The lowest BCUT2D eigenvalue weighted by Gasteiger charge is -2.37. The summed E-state index contributed by atoms with van der Waals surface area (Å²) >= 11 is 3.27. The quantitative estimate of drug-likeness (QED) is 0.817. The third-order valence-electron chi connectivity index (χ3n) is 4.31. The van der Waals surface area contributed by atoms with Gasteiger partial charge < -0.3 is 15.7 Å². The molecular weight excluding hydrogens is 389 g/mol. The average Bonchev–Trinajstić information content (AvgIpc) is 2.54. The molecule has 1 saturated heterocycles. The summed E-state index contributed by atoms with van der Waals surface area (Å²) in [6.45, 7) is 3.59. The van der Waals surface area contributed by atoms with E-state index in [-0.39, 0.29) is 11.3 Å². The standard InChI is InChI=1S/C18H19BrFN3O2/c19-13-9-15(20)17(18(21)25)16(10-13)23-6-4-22(5-7-23)11-12-2-1-3-14(24)8-12/h1-3,8-10,24H,4-7,11H2,(H2,21,25). The molecule has 5 nitrogen and oxygen atoms in total. The van der Waals surface area contributed by atoms with E-state index in [4.69, 9.17) is 5.73 Å². The number of amides is 1. The molecule has 2 aromatic rings. The summed E-state index contributed by atoms with van der Waals surface area (Å²) in [5.41, 5.74) is 6.86. The first-order chi connectivity index (χ1) is 11.9. The molecule has 3 rings (SSSR count). The fourth-order valence-corrected chi connectivity index (χ4v) is 3.53. The summed E-state index contributed by atoms with van der Waals surface area (Å²) in [5.74, 6) is -1.12. The molecule has 1 aliphatic heterocycles. The van der Waals surface area contributed by atoms with Crippen LogP contribution in [0.15, 0.2) is 40.9 Å². The van der Waals surface area contributed by atoms with E-state index in [1.165, 1.54) is 6.07 Å². The highest BCUT2D eigenvalue weighted by Crippen LogP contribution is 2.29. The Morgan fingerprint density at radius 1 is 1.20 bits per heavy atom. The predicted molar refractivity (Wildman–Crippen MR) is 98.2 cm³/mol. The molecule has 0 saturated carbocycles. The van der Waals surface area contributed by atoms with Crippen molar-refractivity contribution in [2.75, 3.05) is 31.1 Å². The van der Waals surface area contributed by atoms with Crippen LogP contribution >= 0.6 is 15.9 Å². The highest BCUT2D eigenvalue weighted by molar-refractivity contribution is 9.10. The van der Waals surface area contributed by atoms with E-state index in [0.29, 0.717) is 23.2 Å². The summed E-state index contributed by atoms with van der Waals surface area (Å²) in [7, 11) is 0. The van der Waals surface area contributed by atoms with Gasteiger partial charge in [-0.1, -0.05) is 28.1 Å². The summed E-state index contributed by atoms with van der Waals surface area (Å²) in [4.78, 5) is 15.9. The van der Waals surface area contributed by atoms with Crippen LogP contribution in [-0.4, -0.2) is 42.1 Å². The van der Waals surface area contributed by atoms with E-state index in [9.17, 15) is 14.3 Å². The van der Waals surface area contributed by atoms with Crippen molar-refractivity contribution in [1.82, 2.24) is 4.90 Å². The SMILES string of the molecule is NC(=O)c1c(F)cc(Br)cc1N1CCN(Cc2cccc(O)c2)CC1. The largest absolute Gasteiger partial charge is 0.508 e. The number of primary amides is 1. The smallest absolute Gasteiger partial charge is 0.253 e. The van der Waals surface area contributed by atoms with Gasteiger partial charge in [-0.2, -0.15) is 0 Å². The van der Waals surface area contributed by atoms with Gasteiger partial charge in [-0.05, 0) is 29.8 Å². The van der Waals surface area contributed by atoms with Crippen LogP contribution in [0.5, 0.6) is 5.75 Å². The van der Waals surface area contributed by atoms with Crippen molar-refractivity contribution in [2.24, 2.45) is 5.73 Å². The summed E-state index contributed by atoms with van der Waals surface area (Å²) in [6, 6.07) is 10.2. The van der Waals surface area contributed by atoms with Crippen molar-refractivity contribution in [3.8, 4) is 5.75 Å². The Bertz CT molecular complexity index is 792. The number of hydrogen-bond acceptors (Lipinski definition) is 4. The molecule has 1 fully saturated rings. The molecule has 0 atom stereocenters. The van der Waals surface area contributed by atoms with E-state index in [1.807, 2.05) is 17.0 Å². The zero-order valence-corrected chi connectivity index (χ0v) is 15.2. The Kier molecular flexibility index (Phi) is 5.24.